The third-order valence-electron chi connectivity index (χ3n) is 6.37. The van der Waals surface area contributed by atoms with E-state index in [0.717, 1.165) is 9.87 Å². The lowest BCUT2D eigenvalue weighted by molar-refractivity contribution is -0.139. The van der Waals surface area contributed by atoms with Crippen LogP contribution in [-0.2, 0) is 26.2 Å². The molecule has 0 aromatic heterocycles. The molecular formula is C30H36FN3O5S. The third-order valence-corrected chi connectivity index (χ3v) is 8.15. The summed E-state index contributed by atoms with van der Waals surface area (Å²) < 4.78 is 47.5. The van der Waals surface area contributed by atoms with Crippen LogP contribution in [0.4, 0.5) is 10.1 Å². The van der Waals surface area contributed by atoms with Gasteiger partial charge in [-0.25, -0.2) is 12.8 Å². The first kappa shape index (κ1) is 30.6. The van der Waals surface area contributed by atoms with Crippen LogP contribution in [0.25, 0.3) is 0 Å². The highest BCUT2D eigenvalue weighted by molar-refractivity contribution is 7.92. The molecule has 3 aromatic carbocycles. The van der Waals surface area contributed by atoms with Crippen molar-refractivity contribution in [2.75, 3.05) is 24.5 Å². The predicted molar refractivity (Wildman–Crippen MR) is 153 cm³/mol. The first-order valence-corrected chi connectivity index (χ1v) is 14.4. The van der Waals surface area contributed by atoms with Gasteiger partial charge in [0.1, 0.15) is 24.2 Å². The van der Waals surface area contributed by atoms with Crippen LogP contribution in [0.5, 0.6) is 5.75 Å². The van der Waals surface area contributed by atoms with Gasteiger partial charge in [-0.2, -0.15) is 0 Å². The summed E-state index contributed by atoms with van der Waals surface area (Å²) in [5.41, 5.74) is 1.74. The van der Waals surface area contributed by atoms with Gasteiger partial charge in [0.05, 0.1) is 17.7 Å². The van der Waals surface area contributed by atoms with Crippen molar-refractivity contribution in [3.05, 3.63) is 89.7 Å². The summed E-state index contributed by atoms with van der Waals surface area (Å²) in [4.78, 5) is 28.2. The van der Waals surface area contributed by atoms with E-state index >= 15 is 0 Å². The highest BCUT2D eigenvalue weighted by Gasteiger charge is 2.32. The Bertz CT molecular complexity index is 1390. The Morgan fingerprint density at radius 1 is 0.925 bits per heavy atom. The Kier molecular flexibility index (Phi) is 10.3. The van der Waals surface area contributed by atoms with Gasteiger partial charge >= 0.3 is 0 Å². The second-order valence-electron chi connectivity index (χ2n) is 9.99. The van der Waals surface area contributed by atoms with Crippen molar-refractivity contribution >= 4 is 27.5 Å². The van der Waals surface area contributed by atoms with Crippen LogP contribution in [0, 0.1) is 18.7 Å². The first-order valence-electron chi connectivity index (χ1n) is 13.0. The fourth-order valence-corrected chi connectivity index (χ4v) is 5.35. The van der Waals surface area contributed by atoms with E-state index in [-0.39, 0.29) is 29.0 Å². The average molecular weight is 570 g/mol. The number of anilines is 1. The number of sulfonamides is 1. The van der Waals surface area contributed by atoms with Crippen LogP contribution < -0.4 is 14.4 Å². The molecule has 40 heavy (non-hydrogen) atoms. The second kappa shape index (κ2) is 13.4. The largest absolute Gasteiger partial charge is 0.497 e. The molecule has 0 spiro atoms. The van der Waals surface area contributed by atoms with Crippen molar-refractivity contribution < 1.29 is 27.1 Å². The van der Waals surface area contributed by atoms with Crippen LogP contribution in [0.1, 0.15) is 31.9 Å². The van der Waals surface area contributed by atoms with Crippen LogP contribution >= 0.6 is 0 Å². The van der Waals surface area contributed by atoms with Crippen molar-refractivity contribution in [2.24, 2.45) is 5.92 Å². The number of hydrogen-bond donors (Lipinski definition) is 1. The van der Waals surface area contributed by atoms with E-state index in [2.05, 4.69) is 5.32 Å². The summed E-state index contributed by atoms with van der Waals surface area (Å²) >= 11 is 0. The molecule has 3 aromatic rings. The zero-order chi connectivity index (χ0) is 29.4. The molecule has 8 nitrogen and oxygen atoms in total. The lowest BCUT2D eigenvalue weighted by Crippen LogP contribution is -2.51. The maximum Gasteiger partial charge on any atom is 0.264 e. The number of methoxy groups -OCH3 is 1. The Hall–Kier alpha value is -3.92. The number of benzene rings is 3. The van der Waals surface area contributed by atoms with Crippen LogP contribution in [0.15, 0.2) is 77.7 Å². The third kappa shape index (κ3) is 7.81. The summed E-state index contributed by atoms with van der Waals surface area (Å²) in [5, 5.41) is 2.83. The van der Waals surface area contributed by atoms with Gasteiger partial charge in [0.2, 0.25) is 11.8 Å². The van der Waals surface area contributed by atoms with E-state index in [0.29, 0.717) is 17.9 Å². The molecule has 0 aliphatic rings. The molecule has 0 saturated carbocycles. The summed E-state index contributed by atoms with van der Waals surface area (Å²) in [6.45, 7) is 7.18. The number of rotatable bonds is 12. The van der Waals surface area contributed by atoms with Crippen molar-refractivity contribution in [2.45, 2.75) is 45.2 Å². The SMILES string of the molecule is COc1ccc(N(CC(=O)N(Cc2ccc(F)cc2)C(C)C(=O)NCC(C)C)S(=O)(=O)c2ccc(C)cc2)cc1. The molecule has 0 aliphatic carbocycles. The topological polar surface area (TPSA) is 96.0 Å². The number of carbonyl (C=O) groups is 2. The highest BCUT2D eigenvalue weighted by atomic mass is 32.2. The Morgan fingerprint density at radius 2 is 1.52 bits per heavy atom. The quantitative estimate of drug-likeness (QED) is 0.346. The lowest BCUT2D eigenvalue weighted by Gasteiger charge is -2.32. The normalized spacial score (nSPS) is 12.1. The van der Waals surface area contributed by atoms with Gasteiger partial charge in [0.25, 0.3) is 10.0 Å². The van der Waals surface area contributed by atoms with Crippen molar-refractivity contribution in [1.29, 1.82) is 0 Å². The molecule has 0 saturated heterocycles. The average Bonchev–Trinajstić information content (AvgIpc) is 2.94. The van der Waals surface area contributed by atoms with Gasteiger partial charge in [-0.05, 0) is 73.9 Å². The molecule has 3 rings (SSSR count). The maximum absolute atomic E-state index is 13.9. The van der Waals surface area contributed by atoms with E-state index in [1.165, 1.54) is 48.4 Å². The number of ether oxygens (including phenoxy) is 1. The number of carbonyl (C=O) groups excluding carboxylic acids is 2. The van der Waals surface area contributed by atoms with Crippen LogP contribution in [0.3, 0.4) is 0 Å². The van der Waals surface area contributed by atoms with Crippen molar-refractivity contribution in [3.8, 4) is 5.75 Å². The fourth-order valence-electron chi connectivity index (χ4n) is 3.94. The van der Waals surface area contributed by atoms with Gasteiger partial charge in [-0.15, -0.1) is 0 Å². The molecule has 2 amide bonds. The molecule has 1 atom stereocenters. The highest BCUT2D eigenvalue weighted by Crippen LogP contribution is 2.27. The molecule has 0 bridgehead atoms. The monoisotopic (exact) mass is 569 g/mol. The fraction of sp³-hybridized carbons (Fsp3) is 0.333. The number of amides is 2. The zero-order valence-corrected chi connectivity index (χ0v) is 24.2. The Labute approximate surface area is 235 Å². The minimum absolute atomic E-state index is 0.0174. The maximum atomic E-state index is 13.9. The molecule has 1 N–H and O–H groups in total. The molecule has 0 radical (unpaired) electrons. The number of hydrogen-bond acceptors (Lipinski definition) is 5. The number of aryl methyl sites for hydroxylation is 1. The van der Waals surface area contributed by atoms with E-state index in [4.69, 9.17) is 4.74 Å². The minimum Gasteiger partial charge on any atom is -0.497 e. The summed E-state index contributed by atoms with van der Waals surface area (Å²) in [5.74, 6) is -0.678. The van der Waals surface area contributed by atoms with E-state index < -0.39 is 34.3 Å². The predicted octanol–water partition coefficient (Wildman–Crippen LogP) is 4.53. The summed E-state index contributed by atoms with van der Waals surface area (Å²) in [6.07, 6.45) is 0. The Morgan fingerprint density at radius 3 is 2.08 bits per heavy atom. The summed E-state index contributed by atoms with van der Waals surface area (Å²) in [6, 6.07) is 17.3. The smallest absolute Gasteiger partial charge is 0.264 e. The second-order valence-corrected chi connectivity index (χ2v) is 11.8. The van der Waals surface area contributed by atoms with Gasteiger partial charge < -0.3 is 15.0 Å². The zero-order valence-electron chi connectivity index (χ0n) is 23.4. The number of nitrogens with zero attached hydrogens (tertiary/aromatic N) is 2. The van der Waals surface area contributed by atoms with Crippen molar-refractivity contribution in [3.63, 3.8) is 0 Å². The van der Waals surface area contributed by atoms with Gasteiger partial charge in [0, 0.05) is 13.1 Å². The van der Waals surface area contributed by atoms with Crippen molar-refractivity contribution in [1.82, 2.24) is 10.2 Å². The molecule has 10 heteroatoms. The number of nitrogens with one attached hydrogen (secondary N) is 1. The standard InChI is InChI=1S/C30H36FN3O5S/c1-21(2)18-32-30(36)23(4)33(19-24-8-10-25(31)11-9-24)29(35)20-34(26-12-14-27(39-5)15-13-26)40(37,38)28-16-6-22(3)7-17-28/h6-17,21,23H,18-20H2,1-5H3,(H,32,36). The van der Waals surface area contributed by atoms with E-state index in [1.807, 2.05) is 20.8 Å². The molecule has 0 aliphatic heterocycles. The van der Waals surface area contributed by atoms with Crippen LogP contribution in [0.2, 0.25) is 0 Å². The minimum atomic E-state index is -4.17. The van der Waals surface area contributed by atoms with Crippen LogP contribution in [-0.4, -0.2) is 51.4 Å². The lowest BCUT2D eigenvalue weighted by atomic mass is 10.1. The number of halogens is 1. The van der Waals surface area contributed by atoms with Gasteiger partial charge in [-0.3, -0.25) is 13.9 Å². The Balaban J connectivity index is 2.01. The molecule has 1 unspecified atom stereocenters. The molecule has 0 heterocycles. The molecule has 0 fully saturated rings. The van der Waals surface area contributed by atoms with E-state index in [1.54, 1.807) is 43.3 Å². The van der Waals surface area contributed by atoms with Gasteiger partial charge in [0.15, 0.2) is 0 Å². The molecule has 214 valence electrons. The summed E-state index contributed by atoms with van der Waals surface area (Å²) in [7, 11) is -2.67. The van der Waals surface area contributed by atoms with E-state index in [9.17, 15) is 22.4 Å². The molecular weight excluding hydrogens is 533 g/mol. The van der Waals surface area contributed by atoms with Gasteiger partial charge in [-0.1, -0.05) is 43.7 Å². The first-order chi connectivity index (χ1) is 18.9.